The predicted molar refractivity (Wildman–Crippen MR) is 62.8 cm³/mol. The van der Waals surface area contributed by atoms with Crippen LogP contribution in [0.1, 0.15) is 33.6 Å². The minimum Gasteiger partial charge on any atom is -0.377 e. The van der Waals surface area contributed by atoms with Crippen LogP contribution in [0.4, 0.5) is 0 Å². The molecule has 0 rings (SSSR count). The number of ether oxygens (including phenoxy) is 2. The summed E-state index contributed by atoms with van der Waals surface area (Å²) in [5, 5.41) is 0. The maximum absolute atomic E-state index is 5.73. The number of hydrogen-bond acceptors (Lipinski definition) is 4. The van der Waals surface area contributed by atoms with Gasteiger partial charge in [-0.3, -0.25) is 0 Å². The van der Waals surface area contributed by atoms with E-state index < -0.39 is 0 Å². The molecule has 92 valence electrons. The van der Waals surface area contributed by atoms with Crippen molar-refractivity contribution in [2.45, 2.75) is 45.3 Å². The monoisotopic (exact) mass is 218 g/mol. The first-order valence-corrected chi connectivity index (χ1v) is 5.67. The summed E-state index contributed by atoms with van der Waals surface area (Å²) >= 11 is 0. The van der Waals surface area contributed by atoms with Gasteiger partial charge in [0.15, 0.2) is 0 Å². The van der Waals surface area contributed by atoms with Crippen molar-refractivity contribution in [3.63, 3.8) is 0 Å². The van der Waals surface area contributed by atoms with E-state index in [1.54, 1.807) is 0 Å². The second-order valence-electron chi connectivity index (χ2n) is 4.41. The molecule has 0 amide bonds. The van der Waals surface area contributed by atoms with Gasteiger partial charge in [0.05, 0.1) is 18.3 Å². The van der Waals surface area contributed by atoms with Crippen LogP contribution in [0.25, 0.3) is 0 Å². The fraction of sp³-hybridized carbons (Fsp3) is 1.00. The first-order valence-electron chi connectivity index (χ1n) is 5.67. The molecule has 4 heteroatoms. The van der Waals surface area contributed by atoms with Gasteiger partial charge in [0.1, 0.15) is 0 Å². The molecule has 0 aliphatic carbocycles. The van der Waals surface area contributed by atoms with Crippen LogP contribution in [0.3, 0.4) is 0 Å². The molecular formula is C11H26N2O2. The van der Waals surface area contributed by atoms with E-state index in [0.29, 0.717) is 26.3 Å². The molecule has 0 aromatic heterocycles. The smallest absolute Gasteiger partial charge is 0.0638 e. The zero-order valence-corrected chi connectivity index (χ0v) is 10.3. The first kappa shape index (κ1) is 14.8. The highest BCUT2D eigenvalue weighted by Gasteiger charge is 2.17. The highest BCUT2D eigenvalue weighted by atomic mass is 16.5. The van der Waals surface area contributed by atoms with Gasteiger partial charge in [-0.15, -0.1) is 0 Å². The van der Waals surface area contributed by atoms with Crippen LogP contribution in [0.15, 0.2) is 0 Å². The van der Waals surface area contributed by atoms with Gasteiger partial charge in [0.2, 0.25) is 0 Å². The molecule has 0 aliphatic rings. The van der Waals surface area contributed by atoms with Crippen molar-refractivity contribution in [3.8, 4) is 0 Å². The van der Waals surface area contributed by atoms with Crippen molar-refractivity contribution in [2.24, 2.45) is 11.5 Å². The van der Waals surface area contributed by atoms with E-state index in [0.717, 1.165) is 12.8 Å². The lowest BCUT2D eigenvalue weighted by Crippen LogP contribution is -2.29. The van der Waals surface area contributed by atoms with E-state index in [-0.39, 0.29) is 11.7 Å². The van der Waals surface area contributed by atoms with E-state index >= 15 is 0 Å². The predicted octanol–water partition coefficient (Wildman–Crippen LogP) is 0.884. The second-order valence-corrected chi connectivity index (χ2v) is 4.41. The SMILES string of the molecule is CC(CCOC(C)(C)CCN)OCCN. The molecule has 0 bridgehead atoms. The van der Waals surface area contributed by atoms with E-state index in [2.05, 4.69) is 13.8 Å². The summed E-state index contributed by atoms with van der Waals surface area (Å²) in [6, 6.07) is 0. The lowest BCUT2D eigenvalue weighted by Gasteiger charge is -2.25. The summed E-state index contributed by atoms with van der Waals surface area (Å²) in [5.74, 6) is 0. The Morgan fingerprint density at radius 1 is 1.13 bits per heavy atom. The van der Waals surface area contributed by atoms with Crippen molar-refractivity contribution in [1.82, 2.24) is 0 Å². The van der Waals surface area contributed by atoms with Crippen molar-refractivity contribution in [1.29, 1.82) is 0 Å². The Morgan fingerprint density at radius 3 is 2.33 bits per heavy atom. The van der Waals surface area contributed by atoms with Gasteiger partial charge in [-0.1, -0.05) is 0 Å². The number of nitrogens with two attached hydrogens (primary N) is 2. The fourth-order valence-corrected chi connectivity index (χ4v) is 1.27. The van der Waals surface area contributed by atoms with Gasteiger partial charge in [-0.25, -0.2) is 0 Å². The zero-order chi connectivity index (χ0) is 11.7. The zero-order valence-electron chi connectivity index (χ0n) is 10.3. The molecular weight excluding hydrogens is 192 g/mol. The van der Waals surface area contributed by atoms with Crippen molar-refractivity contribution < 1.29 is 9.47 Å². The van der Waals surface area contributed by atoms with E-state index in [1.165, 1.54) is 0 Å². The van der Waals surface area contributed by atoms with Crippen LogP contribution >= 0.6 is 0 Å². The molecule has 0 aromatic rings. The molecule has 0 aliphatic heterocycles. The van der Waals surface area contributed by atoms with Gasteiger partial charge in [0.25, 0.3) is 0 Å². The highest BCUT2D eigenvalue weighted by Crippen LogP contribution is 2.14. The second kappa shape index (κ2) is 8.05. The van der Waals surface area contributed by atoms with E-state index in [9.17, 15) is 0 Å². The maximum Gasteiger partial charge on any atom is 0.0638 e. The fourth-order valence-electron chi connectivity index (χ4n) is 1.27. The van der Waals surface area contributed by atoms with Crippen LogP contribution in [-0.2, 0) is 9.47 Å². The van der Waals surface area contributed by atoms with E-state index in [1.807, 2.05) is 6.92 Å². The molecule has 0 heterocycles. The summed E-state index contributed by atoms with van der Waals surface area (Å²) in [6.45, 7) is 8.72. The molecule has 4 nitrogen and oxygen atoms in total. The van der Waals surface area contributed by atoms with Crippen molar-refractivity contribution in [3.05, 3.63) is 0 Å². The quantitative estimate of drug-likeness (QED) is 0.603. The average Bonchev–Trinajstić information content (AvgIpc) is 2.14. The molecule has 0 spiro atoms. The summed E-state index contributed by atoms with van der Waals surface area (Å²) < 4.78 is 11.2. The Kier molecular flexibility index (Phi) is 7.96. The highest BCUT2D eigenvalue weighted by molar-refractivity contribution is 4.68. The lowest BCUT2D eigenvalue weighted by molar-refractivity contribution is -0.0415. The summed E-state index contributed by atoms with van der Waals surface area (Å²) in [7, 11) is 0. The van der Waals surface area contributed by atoms with Crippen molar-refractivity contribution >= 4 is 0 Å². The van der Waals surface area contributed by atoms with E-state index in [4.69, 9.17) is 20.9 Å². The van der Waals surface area contributed by atoms with Crippen LogP contribution in [-0.4, -0.2) is 38.0 Å². The normalized spacial score (nSPS) is 14.2. The van der Waals surface area contributed by atoms with Gasteiger partial charge in [-0.2, -0.15) is 0 Å². The molecule has 0 saturated carbocycles. The number of rotatable bonds is 9. The molecule has 0 fully saturated rings. The third-order valence-electron chi connectivity index (χ3n) is 2.28. The van der Waals surface area contributed by atoms with Gasteiger partial charge in [0, 0.05) is 13.2 Å². The lowest BCUT2D eigenvalue weighted by atomic mass is 10.1. The van der Waals surface area contributed by atoms with Crippen LogP contribution < -0.4 is 11.5 Å². The van der Waals surface area contributed by atoms with Crippen LogP contribution in [0.5, 0.6) is 0 Å². The molecule has 0 saturated heterocycles. The summed E-state index contributed by atoms with van der Waals surface area (Å²) in [4.78, 5) is 0. The molecule has 0 aromatic carbocycles. The molecule has 1 unspecified atom stereocenters. The largest absolute Gasteiger partial charge is 0.377 e. The first-order chi connectivity index (χ1) is 7.02. The third-order valence-corrected chi connectivity index (χ3v) is 2.28. The molecule has 1 atom stereocenters. The summed E-state index contributed by atoms with van der Waals surface area (Å²) in [5.41, 5.74) is 10.7. The minimum atomic E-state index is -0.123. The topological polar surface area (TPSA) is 70.5 Å². The van der Waals surface area contributed by atoms with Gasteiger partial charge >= 0.3 is 0 Å². The Hall–Kier alpha value is -0.160. The Labute approximate surface area is 93.3 Å². The minimum absolute atomic E-state index is 0.123. The summed E-state index contributed by atoms with van der Waals surface area (Å²) in [6.07, 6.45) is 1.99. The molecule has 4 N–H and O–H groups in total. The van der Waals surface area contributed by atoms with Crippen LogP contribution in [0, 0.1) is 0 Å². The molecule has 15 heavy (non-hydrogen) atoms. The third kappa shape index (κ3) is 8.81. The Balaban J connectivity index is 3.51. The van der Waals surface area contributed by atoms with Crippen LogP contribution in [0.2, 0.25) is 0 Å². The van der Waals surface area contributed by atoms with Gasteiger partial charge < -0.3 is 20.9 Å². The maximum atomic E-state index is 5.73. The standard InChI is InChI=1S/C11H26N2O2/c1-10(14-9-7-13)4-8-15-11(2,3)5-6-12/h10H,4-9,12-13H2,1-3H3. The Bertz CT molecular complexity index is 152. The van der Waals surface area contributed by atoms with Gasteiger partial charge in [-0.05, 0) is 40.2 Å². The Morgan fingerprint density at radius 2 is 1.80 bits per heavy atom. The van der Waals surface area contributed by atoms with Crippen molar-refractivity contribution in [2.75, 3.05) is 26.3 Å². The molecule has 0 radical (unpaired) electrons. The number of hydrogen-bond donors (Lipinski definition) is 2. The average molecular weight is 218 g/mol.